The molecule has 110 valence electrons. The highest BCUT2D eigenvalue weighted by Crippen LogP contribution is 2.25. The van der Waals surface area contributed by atoms with E-state index in [9.17, 15) is 4.39 Å². The van der Waals surface area contributed by atoms with Gasteiger partial charge in [-0.3, -0.25) is 0 Å². The van der Waals surface area contributed by atoms with Crippen LogP contribution in [0, 0.1) is 5.82 Å². The van der Waals surface area contributed by atoms with Crippen molar-refractivity contribution in [2.24, 2.45) is 5.73 Å². The van der Waals surface area contributed by atoms with Crippen LogP contribution >= 0.6 is 23.8 Å². The van der Waals surface area contributed by atoms with Gasteiger partial charge in [0.25, 0.3) is 0 Å². The molecule has 2 aromatic rings. The predicted octanol–water partition coefficient (Wildman–Crippen LogP) is 3.70. The van der Waals surface area contributed by atoms with Gasteiger partial charge in [-0.15, -0.1) is 0 Å². The lowest BCUT2D eigenvalue weighted by Crippen LogP contribution is -2.10. The van der Waals surface area contributed by atoms with Crippen LogP contribution < -0.4 is 15.2 Å². The quantitative estimate of drug-likeness (QED) is 0.851. The van der Waals surface area contributed by atoms with Crippen LogP contribution in [0.5, 0.6) is 11.5 Å². The Balaban J connectivity index is 2.21. The topological polar surface area (TPSA) is 44.5 Å². The first-order valence-electron chi connectivity index (χ1n) is 6.06. The molecule has 0 unspecified atom stereocenters. The summed E-state index contributed by atoms with van der Waals surface area (Å²) in [6.07, 6.45) is 0. The molecule has 0 aromatic heterocycles. The van der Waals surface area contributed by atoms with Gasteiger partial charge in [0.05, 0.1) is 12.1 Å². The highest BCUT2D eigenvalue weighted by atomic mass is 35.5. The van der Waals surface area contributed by atoms with Crippen LogP contribution in [0.15, 0.2) is 36.4 Å². The zero-order chi connectivity index (χ0) is 15.4. The number of halogens is 2. The van der Waals surface area contributed by atoms with Crippen molar-refractivity contribution in [3.63, 3.8) is 0 Å². The Morgan fingerprint density at radius 1 is 1.29 bits per heavy atom. The van der Waals surface area contributed by atoms with Gasteiger partial charge >= 0.3 is 0 Å². The summed E-state index contributed by atoms with van der Waals surface area (Å²) >= 11 is 10.7. The molecular weight excluding hydrogens is 313 g/mol. The average Bonchev–Trinajstić information content (AvgIpc) is 2.48. The lowest BCUT2D eigenvalue weighted by Gasteiger charge is -2.11. The Labute approximate surface area is 132 Å². The van der Waals surface area contributed by atoms with E-state index in [1.165, 1.54) is 13.2 Å². The van der Waals surface area contributed by atoms with E-state index < -0.39 is 5.82 Å². The molecular formula is C15H13ClFNO2S. The molecule has 0 heterocycles. The maximum absolute atomic E-state index is 13.8. The third kappa shape index (κ3) is 3.83. The van der Waals surface area contributed by atoms with E-state index in [1.54, 1.807) is 30.3 Å². The third-order valence-electron chi connectivity index (χ3n) is 2.83. The molecule has 21 heavy (non-hydrogen) atoms. The molecule has 2 aromatic carbocycles. The van der Waals surface area contributed by atoms with Gasteiger partial charge < -0.3 is 15.2 Å². The Bertz CT molecular complexity index is 679. The molecule has 6 heteroatoms. The fraction of sp³-hybridized carbons (Fsp3) is 0.133. The van der Waals surface area contributed by atoms with Gasteiger partial charge in [-0.1, -0.05) is 36.0 Å². The van der Waals surface area contributed by atoms with Gasteiger partial charge in [-0.05, 0) is 18.2 Å². The SMILES string of the molecule is COc1cc(OCc2cccc(Cl)c2F)cc(C(N)=S)c1. The standard InChI is InChI=1S/C15H13ClFNO2S/c1-19-11-5-10(15(18)21)6-12(7-11)20-8-9-3-2-4-13(16)14(9)17/h2-7H,8H2,1H3,(H2,18,21). The minimum atomic E-state index is -0.489. The maximum atomic E-state index is 13.8. The number of hydrogen-bond donors (Lipinski definition) is 1. The maximum Gasteiger partial charge on any atom is 0.148 e. The number of rotatable bonds is 5. The van der Waals surface area contributed by atoms with E-state index in [1.807, 2.05) is 0 Å². The van der Waals surface area contributed by atoms with Gasteiger partial charge in [-0.2, -0.15) is 0 Å². The molecule has 2 rings (SSSR count). The summed E-state index contributed by atoms with van der Waals surface area (Å²) in [4.78, 5) is 0.229. The summed E-state index contributed by atoms with van der Waals surface area (Å²) < 4.78 is 24.5. The van der Waals surface area contributed by atoms with Gasteiger partial charge in [0.1, 0.15) is 28.9 Å². The second-order valence-corrected chi connectivity index (χ2v) is 5.11. The molecule has 0 atom stereocenters. The zero-order valence-electron chi connectivity index (χ0n) is 11.2. The third-order valence-corrected chi connectivity index (χ3v) is 3.35. The fourth-order valence-corrected chi connectivity index (χ4v) is 2.05. The van der Waals surface area contributed by atoms with Crippen LogP contribution in [0.3, 0.4) is 0 Å². The smallest absolute Gasteiger partial charge is 0.148 e. The number of methoxy groups -OCH3 is 1. The van der Waals surface area contributed by atoms with Crippen molar-refractivity contribution in [2.45, 2.75) is 6.61 Å². The Morgan fingerprint density at radius 2 is 2.00 bits per heavy atom. The van der Waals surface area contributed by atoms with E-state index in [-0.39, 0.29) is 16.6 Å². The number of hydrogen-bond acceptors (Lipinski definition) is 3. The molecule has 0 aliphatic heterocycles. The highest BCUT2D eigenvalue weighted by Gasteiger charge is 2.09. The van der Waals surface area contributed by atoms with Crippen LogP contribution in [-0.2, 0) is 6.61 Å². The first kappa shape index (κ1) is 15.5. The van der Waals surface area contributed by atoms with Crippen molar-refractivity contribution in [1.29, 1.82) is 0 Å². The molecule has 0 radical (unpaired) electrons. The minimum Gasteiger partial charge on any atom is -0.497 e. The molecule has 3 nitrogen and oxygen atoms in total. The monoisotopic (exact) mass is 325 g/mol. The largest absolute Gasteiger partial charge is 0.497 e. The van der Waals surface area contributed by atoms with Gasteiger partial charge in [0, 0.05) is 17.2 Å². The molecule has 0 saturated carbocycles. The summed E-state index contributed by atoms with van der Waals surface area (Å²) in [6, 6.07) is 9.80. The molecule has 0 amide bonds. The highest BCUT2D eigenvalue weighted by molar-refractivity contribution is 7.80. The Kier molecular flexibility index (Phi) is 4.98. The van der Waals surface area contributed by atoms with Gasteiger partial charge in [0.15, 0.2) is 0 Å². The van der Waals surface area contributed by atoms with E-state index in [0.29, 0.717) is 22.6 Å². The van der Waals surface area contributed by atoms with Crippen LogP contribution in [0.25, 0.3) is 0 Å². The van der Waals surface area contributed by atoms with Crippen LogP contribution in [0.4, 0.5) is 4.39 Å². The first-order valence-corrected chi connectivity index (χ1v) is 6.84. The molecule has 0 spiro atoms. The molecule has 0 saturated heterocycles. The summed E-state index contributed by atoms with van der Waals surface area (Å²) in [5.74, 6) is 0.551. The van der Waals surface area contributed by atoms with Crippen molar-refractivity contribution < 1.29 is 13.9 Å². The molecule has 0 bridgehead atoms. The molecule has 0 fully saturated rings. The van der Waals surface area contributed by atoms with E-state index in [2.05, 4.69) is 0 Å². The molecule has 0 aliphatic rings. The molecule has 2 N–H and O–H groups in total. The lowest BCUT2D eigenvalue weighted by molar-refractivity contribution is 0.297. The second-order valence-electron chi connectivity index (χ2n) is 4.26. The Morgan fingerprint density at radius 3 is 2.67 bits per heavy atom. The second kappa shape index (κ2) is 6.74. The minimum absolute atomic E-state index is 0.0380. The fourth-order valence-electron chi connectivity index (χ4n) is 1.74. The normalized spacial score (nSPS) is 10.2. The Hall–Kier alpha value is -1.85. The van der Waals surface area contributed by atoms with E-state index >= 15 is 0 Å². The van der Waals surface area contributed by atoms with Crippen LogP contribution in [-0.4, -0.2) is 12.1 Å². The summed E-state index contributed by atoms with van der Waals surface area (Å²) in [7, 11) is 1.53. The van der Waals surface area contributed by atoms with Crippen molar-refractivity contribution in [3.8, 4) is 11.5 Å². The van der Waals surface area contributed by atoms with Crippen LogP contribution in [0.1, 0.15) is 11.1 Å². The predicted molar refractivity (Wildman–Crippen MR) is 84.6 cm³/mol. The molecule has 0 aliphatic carbocycles. The summed E-state index contributed by atoms with van der Waals surface area (Å²) in [5.41, 5.74) is 6.58. The number of ether oxygens (including phenoxy) is 2. The summed E-state index contributed by atoms with van der Waals surface area (Å²) in [6.45, 7) is 0.0380. The first-order chi connectivity index (χ1) is 10.0. The number of thiocarbonyl (C=S) groups is 1. The number of nitrogens with two attached hydrogens (primary N) is 1. The average molecular weight is 326 g/mol. The zero-order valence-corrected chi connectivity index (χ0v) is 12.8. The van der Waals surface area contributed by atoms with E-state index in [4.69, 9.17) is 39.0 Å². The van der Waals surface area contributed by atoms with Crippen molar-refractivity contribution >= 4 is 28.8 Å². The van der Waals surface area contributed by atoms with Crippen molar-refractivity contribution in [1.82, 2.24) is 0 Å². The van der Waals surface area contributed by atoms with Crippen LogP contribution in [0.2, 0.25) is 5.02 Å². The van der Waals surface area contributed by atoms with Crippen molar-refractivity contribution in [3.05, 3.63) is 58.4 Å². The van der Waals surface area contributed by atoms with E-state index in [0.717, 1.165) is 0 Å². The van der Waals surface area contributed by atoms with Gasteiger partial charge in [0.2, 0.25) is 0 Å². The van der Waals surface area contributed by atoms with Crippen molar-refractivity contribution in [2.75, 3.05) is 7.11 Å². The summed E-state index contributed by atoms with van der Waals surface area (Å²) in [5, 5.41) is 0.0607. The number of benzene rings is 2. The van der Waals surface area contributed by atoms with Gasteiger partial charge in [-0.25, -0.2) is 4.39 Å². The lowest BCUT2D eigenvalue weighted by atomic mass is 10.2.